The van der Waals surface area contributed by atoms with E-state index in [2.05, 4.69) is 29.2 Å². The number of aromatic nitrogens is 2. The van der Waals surface area contributed by atoms with Crippen LogP contribution >= 0.6 is 0 Å². The average molecular weight is 499 g/mol. The Morgan fingerprint density at radius 2 is 2.00 bits per heavy atom. The van der Waals surface area contributed by atoms with Crippen molar-refractivity contribution in [3.63, 3.8) is 0 Å². The lowest BCUT2D eigenvalue weighted by molar-refractivity contribution is -0.123. The molecule has 2 heterocycles. The Balaban J connectivity index is 1.78. The van der Waals surface area contributed by atoms with Crippen LogP contribution in [0.4, 0.5) is 13.2 Å². The summed E-state index contributed by atoms with van der Waals surface area (Å²) in [7, 11) is 3.33. The predicted molar refractivity (Wildman–Crippen MR) is 131 cm³/mol. The number of pyridine rings is 2. The van der Waals surface area contributed by atoms with Gasteiger partial charge in [-0.25, -0.2) is 0 Å². The average Bonchev–Trinajstić information content (AvgIpc) is 3.70. The van der Waals surface area contributed by atoms with E-state index in [-0.39, 0.29) is 11.5 Å². The lowest BCUT2D eigenvalue weighted by Gasteiger charge is -2.23. The van der Waals surface area contributed by atoms with Gasteiger partial charge in [-0.15, -0.1) is 0 Å². The molecule has 2 aliphatic rings. The molecule has 0 aliphatic heterocycles. The van der Waals surface area contributed by atoms with Crippen LogP contribution in [-0.2, 0) is 0 Å². The molecule has 0 spiro atoms. The molecule has 0 saturated heterocycles. The summed E-state index contributed by atoms with van der Waals surface area (Å²) in [6, 6.07) is 8.06. The molecule has 1 amide bonds. The number of hydrogen-bond donors (Lipinski definition) is 2. The lowest BCUT2D eigenvalue weighted by Crippen LogP contribution is -2.33. The first-order chi connectivity index (χ1) is 17.2. The molecule has 0 radical (unpaired) electrons. The van der Waals surface area contributed by atoms with Gasteiger partial charge in [-0.05, 0) is 54.4 Å². The number of methoxy groups -OCH3 is 1. The second-order valence-corrected chi connectivity index (χ2v) is 9.32. The molecule has 2 N–H and O–H groups in total. The van der Waals surface area contributed by atoms with Crippen LogP contribution in [0.3, 0.4) is 0 Å². The van der Waals surface area contributed by atoms with Crippen LogP contribution < -0.4 is 15.4 Å². The summed E-state index contributed by atoms with van der Waals surface area (Å²) in [4.78, 5) is 21.4. The molecule has 1 fully saturated rings. The molecule has 2 aromatic heterocycles. The van der Waals surface area contributed by atoms with Crippen molar-refractivity contribution in [3.05, 3.63) is 53.1 Å². The van der Waals surface area contributed by atoms with E-state index in [1.54, 1.807) is 26.4 Å². The van der Waals surface area contributed by atoms with E-state index in [1.807, 2.05) is 11.4 Å². The molecule has 4 rings (SSSR count). The molecule has 2 unspecified atom stereocenters. The number of nitrogens with zero attached hydrogens (tertiary/aromatic N) is 2. The summed E-state index contributed by atoms with van der Waals surface area (Å²) in [5.41, 5.74) is 4.23. The number of halogens is 3. The number of fused-ring (bicyclic) bond motifs is 1. The maximum Gasteiger partial charge on any atom is 0.405 e. The van der Waals surface area contributed by atoms with Gasteiger partial charge in [0.15, 0.2) is 0 Å². The minimum Gasteiger partial charge on any atom is -0.495 e. The van der Waals surface area contributed by atoms with Crippen LogP contribution in [0.5, 0.6) is 5.75 Å². The van der Waals surface area contributed by atoms with E-state index in [9.17, 15) is 18.0 Å². The number of carbonyl (C=O) groups excluding carboxylic acids is 1. The fourth-order valence-corrected chi connectivity index (χ4v) is 4.62. The van der Waals surface area contributed by atoms with Gasteiger partial charge in [-0.3, -0.25) is 14.8 Å². The maximum atomic E-state index is 12.5. The van der Waals surface area contributed by atoms with Crippen molar-refractivity contribution < 1.29 is 22.7 Å². The summed E-state index contributed by atoms with van der Waals surface area (Å²) < 4.78 is 42.9. The van der Waals surface area contributed by atoms with Gasteiger partial charge in [0, 0.05) is 36.3 Å². The molecule has 0 aromatic carbocycles. The van der Waals surface area contributed by atoms with Gasteiger partial charge in [0.05, 0.1) is 30.3 Å². The quantitative estimate of drug-likeness (QED) is 0.442. The minimum atomic E-state index is -4.48. The Kier molecular flexibility index (Phi) is 7.53. The van der Waals surface area contributed by atoms with Crippen molar-refractivity contribution in [3.8, 4) is 17.7 Å². The number of nitrogens with one attached hydrogen (secondary N) is 2. The highest BCUT2D eigenvalue weighted by Gasteiger charge is 2.35. The molecule has 1 saturated carbocycles. The second kappa shape index (κ2) is 10.6. The fourth-order valence-electron chi connectivity index (χ4n) is 4.62. The van der Waals surface area contributed by atoms with E-state index >= 15 is 0 Å². The third kappa shape index (κ3) is 5.99. The lowest BCUT2D eigenvalue weighted by atomic mass is 9.82. The van der Waals surface area contributed by atoms with Crippen molar-refractivity contribution in [1.29, 1.82) is 0 Å². The summed E-state index contributed by atoms with van der Waals surface area (Å²) in [5, 5.41) is 4.75. The number of rotatable bonds is 6. The van der Waals surface area contributed by atoms with Gasteiger partial charge in [0.1, 0.15) is 12.3 Å². The first-order valence-electron chi connectivity index (χ1n) is 12.0. The van der Waals surface area contributed by atoms with Crippen molar-refractivity contribution in [2.75, 3.05) is 20.7 Å². The highest BCUT2D eigenvalue weighted by atomic mass is 19.4. The highest BCUT2D eigenvalue weighted by Crippen LogP contribution is 2.48. The molecule has 9 heteroatoms. The van der Waals surface area contributed by atoms with E-state index in [1.165, 1.54) is 25.1 Å². The largest absolute Gasteiger partial charge is 0.495 e. The minimum absolute atomic E-state index is 0.0618. The monoisotopic (exact) mass is 498 g/mol. The number of ether oxygens (including phenoxy) is 1. The molecule has 36 heavy (non-hydrogen) atoms. The van der Waals surface area contributed by atoms with Crippen LogP contribution in [0.25, 0.3) is 11.1 Å². The molecule has 6 nitrogen and oxygen atoms in total. The summed E-state index contributed by atoms with van der Waals surface area (Å²) in [6.07, 6.45) is 2.81. The van der Waals surface area contributed by atoms with Gasteiger partial charge >= 0.3 is 6.18 Å². The van der Waals surface area contributed by atoms with Crippen LogP contribution in [-0.4, -0.2) is 42.8 Å². The van der Waals surface area contributed by atoms with E-state index in [0.717, 1.165) is 35.2 Å². The van der Waals surface area contributed by atoms with Crippen molar-refractivity contribution in [2.24, 2.45) is 11.8 Å². The standard InChI is InChI=1S/C27H29F3N4O2/c1-16-19(10-17-4-5-17)11-22(21(8-9-31-2)23-12-20(36-3)14-33-25(16)23)24-7-6-18(13-32-24)26(35)34-15-27(28,29)30/h6-7,12-14,16-17,19,31H,4-5,10-11,15H2,1-3H3,(H,34,35). The maximum absolute atomic E-state index is 12.5. The number of amides is 1. The third-order valence-corrected chi connectivity index (χ3v) is 6.73. The SMILES string of the molecule is CNC#CC1=C(c2ccc(C(=O)NCC(F)(F)F)cn2)CC(CC2CC2)C(C)c2ncc(OC)cc21. The zero-order valence-corrected chi connectivity index (χ0v) is 20.5. The summed E-state index contributed by atoms with van der Waals surface area (Å²) >= 11 is 0. The van der Waals surface area contributed by atoms with Crippen LogP contribution in [0.2, 0.25) is 0 Å². The Bertz CT molecular complexity index is 1210. The predicted octanol–water partition coefficient (Wildman–Crippen LogP) is 4.79. The van der Waals surface area contributed by atoms with Gasteiger partial charge in [0.25, 0.3) is 5.91 Å². The van der Waals surface area contributed by atoms with Gasteiger partial charge < -0.3 is 15.4 Å². The molecule has 2 aliphatic carbocycles. The van der Waals surface area contributed by atoms with E-state index < -0.39 is 18.6 Å². The number of carbonyl (C=O) groups is 1. The third-order valence-electron chi connectivity index (χ3n) is 6.73. The van der Waals surface area contributed by atoms with Crippen LogP contribution in [0.1, 0.15) is 65.8 Å². The number of allylic oxidation sites excluding steroid dienone is 2. The summed E-state index contributed by atoms with van der Waals surface area (Å²) in [6.45, 7) is 0.799. The van der Waals surface area contributed by atoms with E-state index in [4.69, 9.17) is 9.72 Å². The molecule has 2 atom stereocenters. The van der Waals surface area contributed by atoms with Crippen molar-refractivity contribution in [2.45, 2.75) is 44.7 Å². The Morgan fingerprint density at radius 3 is 2.61 bits per heavy atom. The Labute approximate surface area is 208 Å². The first-order valence-corrected chi connectivity index (χ1v) is 12.0. The zero-order valence-electron chi connectivity index (χ0n) is 20.5. The Hall–Kier alpha value is -3.54. The second-order valence-electron chi connectivity index (χ2n) is 9.32. The molecular formula is C27H29F3N4O2. The molecule has 2 aromatic rings. The normalized spacial score (nSPS) is 19.5. The van der Waals surface area contributed by atoms with Crippen LogP contribution in [0.15, 0.2) is 30.6 Å². The zero-order chi connectivity index (χ0) is 25.9. The van der Waals surface area contributed by atoms with Gasteiger partial charge in [-0.1, -0.05) is 19.8 Å². The van der Waals surface area contributed by atoms with Crippen molar-refractivity contribution in [1.82, 2.24) is 20.6 Å². The topological polar surface area (TPSA) is 76.1 Å². The molecular weight excluding hydrogens is 469 g/mol. The van der Waals surface area contributed by atoms with E-state index in [0.29, 0.717) is 23.3 Å². The van der Waals surface area contributed by atoms with Crippen LogP contribution in [0, 0.1) is 23.8 Å². The summed E-state index contributed by atoms with van der Waals surface area (Å²) in [5.74, 6) is 4.23. The first kappa shape index (κ1) is 25.5. The molecule has 0 bridgehead atoms. The smallest absolute Gasteiger partial charge is 0.405 e. The highest BCUT2D eigenvalue weighted by molar-refractivity contribution is 6.00. The molecule has 190 valence electrons. The number of alkyl halides is 3. The van der Waals surface area contributed by atoms with Crippen molar-refractivity contribution >= 4 is 17.1 Å². The Morgan fingerprint density at radius 1 is 1.22 bits per heavy atom. The van der Waals surface area contributed by atoms with Gasteiger partial charge in [-0.2, -0.15) is 13.2 Å². The fraction of sp³-hybridized carbons (Fsp3) is 0.444. The number of hydrogen-bond acceptors (Lipinski definition) is 5. The van der Waals surface area contributed by atoms with Gasteiger partial charge in [0.2, 0.25) is 0 Å².